The molecule has 0 saturated carbocycles. The van der Waals surface area contributed by atoms with Gasteiger partial charge in [-0.05, 0) is 24.6 Å². The molecule has 0 bridgehead atoms. The number of methoxy groups -OCH3 is 1. The zero-order valence-corrected chi connectivity index (χ0v) is 12.3. The SMILES string of the molecule is COC(=O)[C@@H]1C[C@@H](O)CN1C(=O)c1ccc(C)cc1N=[N+]=[N-]. The Kier molecular flexibility index (Phi) is 4.65. The number of esters is 1. The number of nitrogens with zero attached hydrogens (tertiary/aromatic N) is 4. The van der Waals surface area contributed by atoms with E-state index in [9.17, 15) is 14.7 Å². The molecule has 1 heterocycles. The molecule has 1 N–H and O–H groups in total. The average molecular weight is 304 g/mol. The molecule has 2 atom stereocenters. The fraction of sp³-hybridized carbons (Fsp3) is 0.429. The molecule has 0 aliphatic carbocycles. The molecular formula is C14H16N4O4. The molecule has 1 saturated heterocycles. The second kappa shape index (κ2) is 6.46. The van der Waals surface area contributed by atoms with E-state index in [0.29, 0.717) is 0 Å². The Morgan fingerprint density at radius 3 is 2.86 bits per heavy atom. The van der Waals surface area contributed by atoms with Crippen LogP contribution in [0.4, 0.5) is 5.69 Å². The number of rotatable bonds is 3. The molecule has 0 spiro atoms. The maximum Gasteiger partial charge on any atom is 0.328 e. The summed E-state index contributed by atoms with van der Waals surface area (Å²) in [5, 5.41) is 13.3. The molecular weight excluding hydrogens is 288 g/mol. The van der Waals surface area contributed by atoms with Gasteiger partial charge in [0.25, 0.3) is 5.91 Å². The Morgan fingerprint density at radius 2 is 2.23 bits per heavy atom. The van der Waals surface area contributed by atoms with Crippen LogP contribution in [0.15, 0.2) is 23.3 Å². The van der Waals surface area contributed by atoms with Gasteiger partial charge in [-0.25, -0.2) is 4.79 Å². The third kappa shape index (κ3) is 3.03. The number of carbonyl (C=O) groups excluding carboxylic acids is 2. The molecule has 1 fully saturated rings. The van der Waals surface area contributed by atoms with Gasteiger partial charge in [-0.1, -0.05) is 16.7 Å². The highest BCUT2D eigenvalue weighted by atomic mass is 16.5. The predicted molar refractivity (Wildman–Crippen MR) is 77.4 cm³/mol. The lowest BCUT2D eigenvalue weighted by molar-refractivity contribution is -0.145. The van der Waals surface area contributed by atoms with Crippen molar-refractivity contribution in [3.63, 3.8) is 0 Å². The van der Waals surface area contributed by atoms with Gasteiger partial charge in [0.2, 0.25) is 0 Å². The van der Waals surface area contributed by atoms with E-state index in [1.807, 2.05) is 6.92 Å². The summed E-state index contributed by atoms with van der Waals surface area (Å²) in [7, 11) is 1.23. The van der Waals surface area contributed by atoms with Crippen LogP contribution in [0.1, 0.15) is 22.3 Å². The second-order valence-corrected chi connectivity index (χ2v) is 5.10. The van der Waals surface area contributed by atoms with Crippen LogP contribution in [0.25, 0.3) is 10.4 Å². The highest BCUT2D eigenvalue weighted by Crippen LogP contribution is 2.27. The number of likely N-dealkylation sites (tertiary alicyclic amines) is 1. The van der Waals surface area contributed by atoms with Gasteiger partial charge >= 0.3 is 5.97 Å². The van der Waals surface area contributed by atoms with Crippen molar-refractivity contribution in [3.05, 3.63) is 39.8 Å². The van der Waals surface area contributed by atoms with Crippen LogP contribution in [0.3, 0.4) is 0 Å². The standard InChI is InChI=1S/C14H16N4O4/c1-8-3-4-10(11(5-8)16-17-15)13(20)18-7-9(19)6-12(18)14(21)22-2/h3-5,9,12,19H,6-7H2,1-2H3/t9-,12+/m1/s1. The molecule has 1 amide bonds. The molecule has 22 heavy (non-hydrogen) atoms. The average Bonchev–Trinajstić information content (AvgIpc) is 2.88. The summed E-state index contributed by atoms with van der Waals surface area (Å²) in [6, 6.07) is 4.00. The number of azide groups is 1. The van der Waals surface area contributed by atoms with Crippen molar-refractivity contribution in [2.45, 2.75) is 25.5 Å². The van der Waals surface area contributed by atoms with Crippen molar-refractivity contribution < 1.29 is 19.4 Å². The van der Waals surface area contributed by atoms with Gasteiger partial charge in [-0.15, -0.1) is 0 Å². The van der Waals surface area contributed by atoms with Crippen LogP contribution in [-0.2, 0) is 9.53 Å². The number of benzene rings is 1. The quantitative estimate of drug-likeness (QED) is 0.396. The smallest absolute Gasteiger partial charge is 0.328 e. The van der Waals surface area contributed by atoms with Crippen LogP contribution in [-0.4, -0.2) is 47.7 Å². The first-order valence-electron chi connectivity index (χ1n) is 6.70. The molecule has 1 aliphatic heterocycles. The summed E-state index contributed by atoms with van der Waals surface area (Å²) >= 11 is 0. The van der Waals surface area contributed by atoms with E-state index < -0.39 is 24.0 Å². The number of hydrogen-bond acceptors (Lipinski definition) is 5. The van der Waals surface area contributed by atoms with Gasteiger partial charge in [-0.2, -0.15) is 0 Å². The minimum Gasteiger partial charge on any atom is -0.467 e. The zero-order chi connectivity index (χ0) is 16.3. The first-order chi connectivity index (χ1) is 10.5. The topological polar surface area (TPSA) is 116 Å². The lowest BCUT2D eigenvalue weighted by Gasteiger charge is -2.23. The van der Waals surface area contributed by atoms with Crippen molar-refractivity contribution in [1.82, 2.24) is 4.90 Å². The number of carbonyl (C=O) groups is 2. The summed E-state index contributed by atoms with van der Waals surface area (Å²) in [5.41, 5.74) is 9.84. The van der Waals surface area contributed by atoms with E-state index in [4.69, 9.17) is 5.53 Å². The summed E-state index contributed by atoms with van der Waals surface area (Å²) in [6.07, 6.45) is -0.664. The largest absolute Gasteiger partial charge is 0.467 e. The number of aliphatic hydroxyl groups is 1. The number of aliphatic hydroxyl groups excluding tert-OH is 1. The van der Waals surface area contributed by atoms with E-state index in [2.05, 4.69) is 14.8 Å². The number of ether oxygens (including phenoxy) is 1. The Balaban J connectivity index is 2.38. The van der Waals surface area contributed by atoms with Crippen molar-refractivity contribution >= 4 is 17.6 Å². The first kappa shape index (κ1) is 15.8. The molecule has 1 aromatic rings. The van der Waals surface area contributed by atoms with Gasteiger partial charge in [0, 0.05) is 23.4 Å². The Labute approximate surface area is 126 Å². The van der Waals surface area contributed by atoms with Crippen molar-refractivity contribution in [2.24, 2.45) is 5.11 Å². The van der Waals surface area contributed by atoms with Crippen LogP contribution >= 0.6 is 0 Å². The molecule has 1 aliphatic rings. The van der Waals surface area contributed by atoms with Gasteiger partial charge in [-0.3, -0.25) is 4.79 Å². The first-order valence-corrected chi connectivity index (χ1v) is 6.70. The van der Waals surface area contributed by atoms with Gasteiger partial charge in [0.15, 0.2) is 0 Å². The van der Waals surface area contributed by atoms with E-state index in [1.165, 1.54) is 12.0 Å². The number of aryl methyl sites for hydroxylation is 1. The lowest BCUT2D eigenvalue weighted by Crippen LogP contribution is -2.41. The third-order valence-corrected chi connectivity index (χ3v) is 3.55. The third-order valence-electron chi connectivity index (χ3n) is 3.55. The zero-order valence-electron chi connectivity index (χ0n) is 12.3. The minimum absolute atomic E-state index is 0.0299. The highest BCUT2D eigenvalue weighted by Gasteiger charge is 2.40. The van der Waals surface area contributed by atoms with E-state index in [1.54, 1.807) is 18.2 Å². The molecule has 2 rings (SSSR count). The molecule has 8 heteroatoms. The summed E-state index contributed by atoms with van der Waals surface area (Å²) in [6.45, 7) is 1.84. The van der Waals surface area contributed by atoms with Gasteiger partial charge in [0.05, 0.1) is 18.9 Å². The van der Waals surface area contributed by atoms with Crippen molar-refractivity contribution in [3.8, 4) is 0 Å². The van der Waals surface area contributed by atoms with Gasteiger partial charge in [0.1, 0.15) is 6.04 Å². The fourth-order valence-corrected chi connectivity index (χ4v) is 2.51. The van der Waals surface area contributed by atoms with E-state index >= 15 is 0 Å². The van der Waals surface area contributed by atoms with E-state index in [0.717, 1.165) is 5.56 Å². The summed E-state index contributed by atoms with van der Waals surface area (Å²) in [4.78, 5) is 28.4. The highest BCUT2D eigenvalue weighted by molar-refractivity contribution is 6.01. The minimum atomic E-state index is -0.840. The van der Waals surface area contributed by atoms with Crippen LogP contribution in [0, 0.1) is 6.92 Å². The molecule has 0 aromatic heterocycles. The fourth-order valence-electron chi connectivity index (χ4n) is 2.51. The number of amides is 1. The van der Waals surface area contributed by atoms with Gasteiger partial charge < -0.3 is 14.7 Å². The lowest BCUT2D eigenvalue weighted by atomic mass is 10.1. The van der Waals surface area contributed by atoms with Crippen LogP contribution < -0.4 is 0 Å². The maximum absolute atomic E-state index is 12.7. The summed E-state index contributed by atoms with van der Waals surface area (Å²) < 4.78 is 4.67. The second-order valence-electron chi connectivity index (χ2n) is 5.10. The van der Waals surface area contributed by atoms with Crippen molar-refractivity contribution in [2.75, 3.05) is 13.7 Å². The Morgan fingerprint density at radius 1 is 1.50 bits per heavy atom. The summed E-state index contributed by atoms with van der Waals surface area (Å²) in [5.74, 6) is -1.06. The predicted octanol–water partition coefficient (Wildman–Crippen LogP) is 1.69. The molecule has 116 valence electrons. The Hall–Kier alpha value is -2.57. The molecule has 8 nitrogen and oxygen atoms in total. The molecule has 0 radical (unpaired) electrons. The van der Waals surface area contributed by atoms with Crippen molar-refractivity contribution in [1.29, 1.82) is 0 Å². The monoisotopic (exact) mass is 304 g/mol. The maximum atomic E-state index is 12.7. The molecule has 1 aromatic carbocycles. The Bertz CT molecular complexity index is 654. The molecule has 0 unspecified atom stereocenters. The number of hydrogen-bond donors (Lipinski definition) is 1. The number of β-amino-alcohol motifs (C(OH)–C–C–N with tert-alkyl or cyclic N) is 1. The van der Waals surface area contributed by atoms with E-state index in [-0.39, 0.29) is 24.2 Å². The van der Waals surface area contributed by atoms with Crippen LogP contribution in [0.5, 0.6) is 0 Å². The van der Waals surface area contributed by atoms with Crippen LogP contribution in [0.2, 0.25) is 0 Å². The normalized spacial score (nSPS) is 20.4.